The van der Waals surface area contributed by atoms with Gasteiger partial charge in [0.1, 0.15) is 11.6 Å². The van der Waals surface area contributed by atoms with E-state index in [4.69, 9.17) is 4.74 Å². The quantitative estimate of drug-likeness (QED) is 0.780. The summed E-state index contributed by atoms with van der Waals surface area (Å²) in [5, 5.41) is 5.81. The summed E-state index contributed by atoms with van der Waals surface area (Å²) in [6.07, 6.45) is 2.97. The van der Waals surface area contributed by atoms with E-state index < -0.39 is 11.6 Å². The van der Waals surface area contributed by atoms with E-state index in [9.17, 15) is 13.6 Å². The molecular formula is C21H24F2N2O2. The molecule has 3 rings (SSSR count). The molecule has 0 heterocycles. The second kappa shape index (κ2) is 8.95. The summed E-state index contributed by atoms with van der Waals surface area (Å²) >= 11 is 0. The van der Waals surface area contributed by atoms with E-state index in [0.717, 1.165) is 36.9 Å². The van der Waals surface area contributed by atoms with Crippen molar-refractivity contribution in [2.75, 3.05) is 5.32 Å². The molecule has 27 heavy (non-hydrogen) atoms. The minimum atomic E-state index is -0.585. The van der Waals surface area contributed by atoms with Crippen molar-refractivity contribution in [1.82, 2.24) is 5.32 Å². The van der Waals surface area contributed by atoms with Gasteiger partial charge in [0.05, 0.1) is 12.7 Å². The Morgan fingerprint density at radius 2 is 1.74 bits per heavy atom. The number of hydrogen-bond donors (Lipinski definition) is 2. The standard InChI is InChI=1S/C21H24F2N2O2/c1-14-4-2-5-16(12-14)25-21(26)24-15-8-10-17(11-9-15)27-13-18-19(22)6-3-7-20(18)23/h2-7,12,15,17H,8-11,13H2,1H3,(H2,24,25,26). The molecule has 0 atom stereocenters. The first-order valence-corrected chi connectivity index (χ1v) is 9.20. The molecule has 1 fully saturated rings. The van der Waals surface area contributed by atoms with Crippen LogP contribution in [0, 0.1) is 18.6 Å². The first-order chi connectivity index (χ1) is 13.0. The molecule has 6 heteroatoms. The van der Waals surface area contributed by atoms with Crippen LogP contribution in [-0.2, 0) is 11.3 Å². The van der Waals surface area contributed by atoms with E-state index in [0.29, 0.717) is 0 Å². The maximum atomic E-state index is 13.6. The van der Waals surface area contributed by atoms with Crippen LogP contribution in [0.15, 0.2) is 42.5 Å². The normalized spacial score (nSPS) is 19.5. The molecule has 1 saturated carbocycles. The van der Waals surface area contributed by atoms with Gasteiger partial charge in [0.25, 0.3) is 0 Å². The number of nitrogens with one attached hydrogen (secondary N) is 2. The number of rotatable bonds is 5. The average molecular weight is 374 g/mol. The van der Waals surface area contributed by atoms with Crippen molar-refractivity contribution in [2.24, 2.45) is 0 Å². The number of ether oxygens (including phenoxy) is 1. The van der Waals surface area contributed by atoms with Gasteiger partial charge in [-0.25, -0.2) is 13.6 Å². The number of carbonyl (C=O) groups is 1. The molecule has 0 aliphatic heterocycles. The first-order valence-electron chi connectivity index (χ1n) is 9.20. The monoisotopic (exact) mass is 374 g/mol. The van der Waals surface area contributed by atoms with Crippen LogP contribution in [0.1, 0.15) is 36.8 Å². The van der Waals surface area contributed by atoms with Gasteiger partial charge in [-0.3, -0.25) is 0 Å². The van der Waals surface area contributed by atoms with Crippen LogP contribution in [0.4, 0.5) is 19.3 Å². The molecule has 0 radical (unpaired) electrons. The highest BCUT2D eigenvalue weighted by molar-refractivity contribution is 5.89. The van der Waals surface area contributed by atoms with Gasteiger partial charge in [-0.1, -0.05) is 18.2 Å². The summed E-state index contributed by atoms with van der Waals surface area (Å²) in [6, 6.07) is 11.3. The second-order valence-electron chi connectivity index (χ2n) is 6.95. The molecule has 0 unspecified atom stereocenters. The number of halogens is 2. The van der Waals surface area contributed by atoms with Crippen molar-refractivity contribution in [1.29, 1.82) is 0 Å². The van der Waals surface area contributed by atoms with Crippen LogP contribution in [0.5, 0.6) is 0 Å². The zero-order valence-electron chi connectivity index (χ0n) is 15.3. The third kappa shape index (κ3) is 5.50. The minimum Gasteiger partial charge on any atom is -0.373 e. The molecule has 1 aliphatic rings. The Morgan fingerprint density at radius 1 is 1.07 bits per heavy atom. The summed E-state index contributed by atoms with van der Waals surface area (Å²) in [4.78, 5) is 12.1. The molecule has 0 bridgehead atoms. The van der Waals surface area contributed by atoms with Crippen LogP contribution < -0.4 is 10.6 Å². The van der Waals surface area contributed by atoms with Crippen LogP contribution in [-0.4, -0.2) is 18.2 Å². The van der Waals surface area contributed by atoms with E-state index in [2.05, 4.69) is 10.6 Å². The Hall–Kier alpha value is -2.47. The van der Waals surface area contributed by atoms with Crippen LogP contribution >= 0.6 is 0 Å². The molecule has 2 amide bonds. The zero-order chi connectivity index (χ0) is 19.2. The van der Waals surface area contributed by atoms with Gasteiger partial charge in [-0.2, -0.15) is 0 Å². The molecule has 4 nitrogen and oxygen atoms in total. The number of hydrogen-bond acceptors (Lipinski definition) is 2. The van der Waals surface area contributed by atoms with Crippen molar-refractivity contribution in [3.05, 3.63) is 65.2 Å². The van der Waals surface area contributed by atoms with E-state index >= 15 is 0 Å². The predicted octanol–water partition coefficient (Wildman–Crippen LogP) is 4.92. The zero-order valence-corrected chi connectivity index (χ0v) is 15.3. The Morgan fingerprint density at radius 3 is 2.41 bits per heavy atom. The predicted molar refractivity (Wildman–Crippen MR) is 101 cm³/mol. The van der Waals surface area contributed by atoms with Crippen molar-refractivity contribution in [3.8, 4) is 0 Å². The molecule has 1 aliphatic carbocycles. The lowest BCUT2D eigenvalue weighted by atomic mass is 9.93. The smallest absolute Gasteiger partial charge is 0.319 e. The Labute approximate surface area is 157 Å². The molecular weight excluding hydrogens is 350 g/mol. The largest absolute Gasteiger partial charge is 0.373 e. The third-order valence-electron chi connectivity index (χ3n) is 4.81. The van der Waals surface area contributed by atoms with Crippen LogP contribution in [0.25, 0.3) is 0 Å². The molecule has 0 aromatic heterocycles. The number of urea groups is 1. The summed E-state index contributed by atoms with van der Waals surface area (Å²) < 4.78 is 33.0. The maximum Gasteiger partial charge on any atom is 0.319 e. The van der Waals surface area contributed by atoms with Gasteiger partial charge < -0.3 is 15.4 Å². The topological polar surface area (TPSA) is 50.4 Å². The van der Waals surface area contributed by atoms with Gasteiger partial charge in [0, 0.05) is 17.3 Å². The third-order valence-corrected chi connectivity index (χ3v) is 4.81. The number of amides is 2. The molecule has 144 valence electrons. The van der Waals surface area contributed by atoms with Crippen molar-refractivity contribution in [3.63, 3.8) is 0 Å². The van der Waals surface area contributed by atoms with Gasteiger partial charge in [-0.05, 0) is 62.4 Å². The summed E-state index contributed by atoms with van der Waals surface area (Å²) in [7, 11) is 0. The molecule has 2 aromatic rings. The van der Waals surface area contributed by atoms with E-state index in [1.54, 1.807) is 0 Å². The Balaban J connectivity index is 1.41. The fourth-order valence-electron chi connectivity index (χ4n) is 3.32. The minimum absolute atomic E-state index is 0.0321. The van der Waals surface area contributed by atoms with E-state index in [1.165, 1.54) is 18.2 Å². The van der Waals surface area contributed by atoms with Gasteiger partial charge >= 0.3 is 6.03 Å². The lowest BCUT2D eigenvalue weighted by Gasteiger charge is -2.29. The number of benzene rings is 2. The Bertz CT molecular complexity index is 769. The number of anilines is 1. The van der Waals surface area contributed by atoms with Gasteiger partial charge in [-0.15, -0.1) is 0 Å². The van der Waals surface area contributed by atoms with Crippen molar-refractivity contribution >= 4 is 11.7 Å². The SMILES string of the molecule is Cc1cccc(NC(=O)NC2CCC(OCc3c(F)cccc3F)CC2)c1. The highest BCUT2D eigenvalue weighted by Crippen LogP contribution is 2.23. The lowest BCUT2D eigenvalue weighted by Crippen LogP contribution is -2.41. The Kier molecular flexibility index (Phi) is 6.40. The molecule has 0 saturated heterocycles. The van der Waals surface area contributed by atoms with Gasteiger partial charge in [0.15, 0.2) is 0 Å². The summed E-state index contributed by atoms with van der Waals surface area (Å²) in [5.74, 6) is -1.17. The second-order valence-corrected chi connectivity index (χ2v) is 6.95. The van der Waals surface area contributed by atoms with Gasteiger partial charge in [0.2, 0.25) is 0 Å². The fourth-order valence-corrected chi connectivity index (χ4v) is 3.32. The van der Waals surface area contributed by atoms with E-state index in [1.807, 2.05) is 31.2 Å². The van der Waals surface area contributed by atoms with Crippen molar-refractivity contribution < 1.29 is 18.3 Å². The van der Waals surface area contributed by atoms with Crippen molar-refractivity contribution in [2.45, 2.75) is 51.4 Å². The first kappa shape index (κ1) is 19.3. The van der Waals surface area contributed by atoms with Crippen LogP contribution in [0.2, 0.25) is 0 Å². The molecule has 2 N–H and O–H groups in total. The maximum absolute atomic E-state index is 13.6. The average Bonchev–Trinajstić information content (AvgIpc) is 2.62. The summed E-state index contributed by atoms with van der Waals surface area (Å²) in [5.41, 5.74) is 1.81. The lowest BCUT2D eigenvalue weighted by molar-refractivity contribution is 0.00964. The summed E-state index contributed by atoms with van der Waals surface area (Å²) in [6.45, 7) is 1.90. The highest BCUT2D eigenvalue weighted by Gasteiger charge is 2.23. The van der Waals surface area contributed by atoms with Crippen LogP contribution in [0.3, 0.4) is 0 Å². The molecule has 0 spiro atoms. The number of aryl methyl sites for hydroxylation is 1. The molecule has 2 aromatic carbocycles. The highest BCUT2D eigenvalue weighted by atomic mass is 19.1. The van der Waals surface area contributed by atoms with E-state index in [-0.39, 0.29) is 30.3 Å². The number of carbonyl (C=O) groups excluding carboxylic acids is 1. The fraction of sp³-hybridized carbons (Fsp3) is 0.381.